The van der Waals surface area contributed by atoms with E-state index in [0.29, 0.717) is 0 Å². The molecule has 2 heterocycles. The van der Waals surface area contributed by atoms with E-state index in [0.717, 1.165) is 29.9 Å². The molecule has 55 heavy (non-hydrogen) atoms. The van der Waals surface area contributed by atoms with Crippen LogP contribution in [0.2, 0.25) is 0 Å². The summed E-state index contributed by atoms with van der Waals surface area (Å²) < 4.78 is 0. The normalized spacial score (nSPS) is 14.9. The van der Waals surface area contributed by atoms with Gasteiger partial charge in [0.1, 0.15) is 0 Å². The zero-order valence-corrected chi connectivity index (χ0v) is 33.5. The van der Waals surface area contributed by atoms with Crippen molar-refractivity contribution in [3.8, 4) is 0 Å². The minimum Gasteiger partial charge on any atom is -0.315 e. The van der Waals surface area contributed by atoms with Crippen molar-refractivity contribution in [3.63, 3.8) is 0 Å². The fourth-order valence-electron chi connectivity index (χ4n) is 8.98. The Morgan fingerprint density at radius 3 is 1.69 bits per heavy atom. The third-order valence-electron chi connectivity index (χ3n) is 12.0. The quantitative estimate of drug-likeness (QED) is 0.164. The van der Waals surface area contributed by atoms with Gasteiger partial charge in [-0.15, -0.1) is 0 Å². The molecule has 3 nitrogen and oxygen atoms in total. The molecule has 9 rings (SSSR count). The zero-order chi connectivity index (χ0) is 38.1. The van der Waals surface area contributed by atoms with Gasteiger partial charge in [-0.1, -0.05) is 120 Å². The third kappa shape index (κ3) is 6.17. The summed E-state index contributed by atoms with van der Waals surface area (Å²) in [5.41, 5.74) is 19.3. The van der Waals surface area contributed by atoms with Crippen molar-refractivity contribution < 1.29 is 0 Å². The second kappa shape index (κ2) is 13.4. The molecule has 0 N–H and O–H groups in total. The SMILES string of the molecule is Cc1ccc(N2c3cc(N(c4ccc(C(C)(C)C)cc4)c4ccc(C(C)(C)C)cc4)ccc3B3c4ccccc4N(C4=CCCCC4)c4cccc2c43)cc1. The molecule has 1 aliphatic carbocycles. The lowest BCUT2D eigenvalue weighted by Crippen LogP contribution is -2.61. The molecule has 0 fully saturated rings. The number of para-hydroxylation sites is 1. The van der Waals surface area contributed by atoms with E-state index >= 15 is 0 Å². The summed E-state index contributed by atoms with van der Waals surface area (Å²) in [7, 11) is 0. The van der Waals surface area contributed by atoms with Gasteiger partial charge in [0.15, 0.2) is 0 Å². The van der Waals surface area contributed by atoms with Gasteiger partial charge in [-0.2, -0.15) is 0 Å². The fraction of sp³-hybridized carbons (Fsp3) is 0.255. The molecule has 6 aromatic rings. The lowest BCUT2D eigenvalue weighted by Gasteiger charge is -2.45. The van der Waals surface area contributed by atoms with E-state index < -0.39 is 0 Å². The Hall–Kier alpha value is -5.48. The largest absolute Gasteiger partial charge is 0.315 e. The van der Waals surface area contributed by atoms with Crippen molar-refractivity contribution in [3.05, 3.63) is 162 Å². The molecule has 2 aliphatic heterocycles. The van der Waals surface area contributed by atoms with E-state index in [4.69, 9.17) is 0 Å². The van der Waals surface area contributed by atoms with Crippen molar-refractivity contribution in [2.75, 3.05) is 14.7 Å². The number of benzene rings is 6. The van der Waals surface area contributed by atoms with Gasteiger partial charge >= 0.3 is 0 Å². The summed E-state index contributed by atoms with van der Waals surface area (Å²) in [6.07, 6.45) is 7.23. The average molecular weight is 718 g/mol. The maximum Gasteiger partial charge on any atom is 0.252 e. The summed E-state index contributed by atoms with van der Waals surface area (Å²) in [4.78, 5) is 7.55. The van der Waals surface area contributed by atoms with Crippen LogP contribution in [0.25, 0.3) is 0 Å². The van der Waals surface area contributed by atoms with E-state index in [1.54, 1.807) is 0 Å². The summed E-state index contributed by atoms with van der Waals surface area (Å²) in [6.45, 7) is 16.0. The van der Waals surface area contributed by atoms with Gasteiger partial charge in [0.05, 0.1) is 0 Å². The molecular weight excluding hydrogens is 665 g/mol. The Morgan fingerprint density at radius 1 is 0.527 bits per heavy atom. The zero-order valence-electron chi connectivity index (χ0n) is 33.5. The number of aryl methyl sites for hydroxylation is 1. The van der Waals surface area contributed by atoms with Crippen LogP contribution in [-0.2, 0) is 10.8 Å². The first-order valence-electron chi connectivity index (χ1n) is 20.2. The number of hydrogen-bond donors (Lipinski definition) is 0. The Bertz CT molecular complexity index is 2350. The monoisotopic (exact) mass is 717 g/mol. The molecule has 274 valence electrons. The van der Waals surface area contributed by atoms with Crippen molar-refractivity contribution in [2.24, 2.45) is 0 Å². The van der Waals surface area contributed by atoms with Crippen molar-refractivity contribution in [1.82, 2.24) is 0 Å². The van der Waals surface area contributed by atoms with Crippen LogP contribution in [0.1, 0.15) is 83.9 Å². The Morgan fingerprint density at radius 2 is 1.09 bits per heavy atom. The number of rotatable bonds is 5. The van der Waals surface area contributed by atoms with E-state index in [-0.39, 0.29) is 17.5 Å². The van der Waals surface area contributed by atoms with Crippen LogP contribution in [-0.4, -0.2) is 6.71 Å². The highest BCUT2D eigenvalue weighted by molar-refractivity contribution is 7.00. The van der Waals surface area contributed by atoms with Crippen LogP contribution >= 0.6 is 0 Å². The van der Waals surface area contributed by atoms with Crippen LogP contribution in [0.4, 0.5) is 45.5 Å². The second-order valence-corrected chi connectivity index (χ2v) is 17.8. The van der Waals surface area contributed by atoms with E-state index in [1.165, 1.54) is 80.1 Å². The van der Waals surface area contributed by atoms with Crippen LogP contribution in [0.5, 0.6) is 0 Å². The van der Waals surface area contributed by atoms with Gasteiger partial charge in [0, 0.05) is 51.2 Å². The first-order valence-corrected chi connectivity index (χ1v) is 20.2. The highest BCUT2D eigenvalue weighted by Gasteiger charge is 2.43. The van der Waals surface area contributed by atoms with E-state index in [9.17, 15) is 0 Å². The van der Waals surface area contributed by atoms with Gasteiger partial charge in [-0.3, -0.25) is 0 Å². The van der Waals surface area contributed by atoms with E-state index in [1.807, 2.05) is 0 Å². The molecule has 0 aromatic heterocycles. The highest BCUT2D eigenvalue weighted by Crippen LogP contribution is 2.46. The Balaban J connectivity index is 1.27. The number of allylic oxidation sites excluding steroid dienone is 2. The number of fused-ring (bicyclic) bond motifs is 4. The predicted molar refractivity (Wildman–Crippen MR) is 238 cm³/mol. The number of anilines is 8. The molecule has 0 spiro atoms. The lowest BCUT2D eigenvalue weighted by atomic mass is 9.33. The lowest BCUT2D eigenvalue weighted by molar-refractivity contribution is 0.590. The smallest absolute Gasteiger partial charge is 0.252 e. The maximum atomic E-state index is 2.58. The topological polar surface area (TPSA) is 9.72 Å². The molecule has 3 aliphatic rings. The molecule has 0 saturated carbocycles. The molecule has 0 atom stereocenters. The molecule has 0 radical (unpaired) electrons. The van der Waals surface area contributed by atoms with Gasteiger partial charge in [-0.05, 0) is 138 Å². The number of hydrogen-bond acceptors (Lipinski definition) is 3. The van der Waals surface area contributed by atoms with Crippen LogP contribution in [0, 0.1) is 6.92 Å². The molecule has 0 amide bonds. The van der Waals surface area contributed by atoms with E-state index in [2.05, 4.69) is 203 Å². The Kier molecular flexibility index (Phi) is 8.57. The minimum atomic E-state index is 0.0731. The van der Waals surface area contributed by atoms with Crippen LogP contribution in [0.3, 0.4) is 0 Å². The minimum absolute atomic E-state index is 0.0731. The molecule has 0 saturated heterocycles. The maximum absolute atomic E-state index is 2.58. The summed E-state index contributed by atoms with van der Waals surface area (Å²) in [6, 6.07) is 50.8. The number of nitrogens with zero attached hydrogens (tertiary/aromatic N) is 3. The first kappa shape index (κ1) is 35.2. The van der Waals surface area contributed by atoms with Gasteiger partial charge in [0.2, 0.25) is 0 Å². The third-order valence-corrected chi connectivity index (χ3v) is 12.0. The molecule has 6 aromatic carbocycles. The average Bonchev–Trinajstić information content (AvgIpc) is 3.18. The molecular formula is C51H52BN3. The standard InChI is InChI=1S/C51H52BN3/c1-35-20-26-41(27-21-35)55-47-19-13-18-46-49(47)52(43-16-11-12-17-45(43)54(46)38-14-9-8-10-15-38)44-33-32-42(34-48(44)55)53(39-28-22-36(23-29-39)50(2,3)4)40-30-24-37(25-31-40)51(5,6)7/h11-14,16-34H,8-10,15H2,1-7H3. The summed E-state index contributed by atoms with van der Waals surface area (Å²) >= 11 is 0. The van der Waals surface area contributed by atoms with Crippen molar-refractivity contribution in [1.29, 1.82) is 0 Å². The Labute approximate surface area is 329 Å². The first-order chi connectivity index (χ1) is 26.5. The van der Waals surface area contributed by atoms with Crippen LogP contribution in [0.15, 0.2) is 145 Å². The summed E-state index contributed by atoms with van der Waals surface area (Å²) in [5.74, 6) is 0. The van der Waals surface area contributed by atoms with Gasteiger partial charge < -0.3 is 14.7 Å². The molecule has 4 heteroatoms. The van der Waals surface area contributed by atoms with Gasteiger partial charge in [-0.25, -0.2) is 0 Å². The molecule has 0 bridgehead atoms. The second-order valence-electron chi connectivity index (χ2n) is 17.8. The van der Waals surface area contributed by atoms with Crippen molar-refractivity contribution in [2.45, 2.75) is 85.0 Å². The highest BCUT2D eigenvalue weighted by atomic mass is 15.2. The van der Waals surface area contributed by atoms with Crippen LogP contribution < -0.4 is 31.1 Å². The summed E-state index contributed by atoms with van der Waals surface area (Å²) in [5, 5.41) is 0. The molecule has 0 unspecified atom stereocenters. The van der Waals surface area contributed by atoms with Gasteiger partial charge in [0.25, 0.3) is 6.71 Å². The fourth-order valence-corrected chi connectivity index (χ4v) is 8.98. The van der Waals surface area contributed by atoms with Crippen molar-refractivity contribution >= 4 is 68.6 Å². The predicted octanol–water partition coefficient (Wildman–Crippen LogP) is 12.3.